The third kappa shape index (κ3) is 1.77. The van der Waals surface area contributed by atoms with Crippen molar-refractivity contribution in [3.05, 3.63) is 0 Å². The lowest BCUT2D eigenvalue weighted by Crippen LogP contribution is -2.22. The smallest absolute Gasteiger partial charge is 0.0115 e. The SMILES string of the molecule is C#CCC1CC(CCC)C1. The van der Waals surface area contributed by atoms with Gasteiger partial charge in [-0.3, -0.25) is 0 Å². The summed E-state index contributed by atoms with van der Waals surface area (Å²) in [5, 5.41) is 0. The van der Waals surface area contributed by atoms with Crippen LogP contribution in [0, 0.1) is 24.2 Å². The lowest BCUT2D eigenvalue weighted by molar-refractivity contribution is 0.185. The Bertz CT molecular complexity index is 123. The largest absolute Gasteiger partial charge is 0.120 e. The van der Waals surface area contributed by atoms with Gasteiger partial charge in [0.05, 0.1) is 0 Å². The summed E-state index contributed by atoms with van der Waals surface area (Å²) >= 11 is 0. The Balaban J connectivity index is 2.02. The van der Waals surface area contributed by atoms with Crippen molar-refractivity contribution in [3.8, 4) is 12.3 Å². The Labute approximate surface area is 64.0 Å². The molecule has 0 saturated heterocycles. The number of rotatable bonds is 3. The molecule has 0 N–H and O–H groups in total. The summed E-state index contributed by atoms with van der Waals surface area (Å²) in [5.74, 6) is 4.63. The summed E-state index contributed by atoms with van der Waals surface area (Å²) < 4.78 is 0. The summed E-state index contributed by atoms with van der Waals surface area (Å²) in [6.07, 6.45) is 11.8. The first-order valence-electron chi connectivity index (χ1n) is 4.30. The molecule has 1 saturated carbocycles. The molecule has 0 aromatic rings. The number of terminal acetylenes is 1. The maximum absolute atomic E-state index is 5.21. The van der Waals surface area contributed by atoms with Crippen molar-refractivity contribution in [3.63, 3.8) is 0 Å². The summed E-state index contributed by atoms with van der Waals surface area (Å²) in [5.41, 5.74) is 0. The average Bonchev–Trinajstić information content (AvgIpc) is 1.84. The van der Waals surface area contributed by atoms with E-state index in [1.165, 1.54) is 25.7 Å². The number of hydrogen-bond acceptors (Lipinski definition) is 0. The van der Waals surface area contributed by atoms with Crippen LogP contribution in [-0.4, -0.2) is 0 Å². The van der Waals surface area contributed by atoms with Gasteiger partial charge in [0.15, 0.2) is 0 Å². The van der Waals surface area contributed by atoms with Gasteiger partial charge in [-0.2, -0.15) is 0 Å². The van der Waals surface area contributed by atoms with Crippen molar-refractivity contribution in [1.82, 2.24) is 0 Å². The van der Waals surface area contributed by atoms with E-state index in [-0.39, 0.29) is 0 Å². The fourth-order valence-corrected chi connectivity index (χ4v) is 1.85. The lowest BCUT2D eigenvalue weighted by Gasteiger charge is -2.34. The van der Waals surface area contributed by atoms with Gasteiger partial charge in [0.25, 0.3) is 0 Å². The zero-order valence-electron chi connectivity index (χ0n) is 6.77. The van der Waals surface area contributed by atoms with Gasteiger partial charge in [-0.15, -0.1) is 12.3 Å². The van der Waals surface area contributed by atoms with Gasteiger partial charge in [0, 0.05) is 6.42 Å². The molecule has 0 aromatic heterocycles. The van der Waals surface area contributed by atoms with E-state index in [1.807, 2.05) is 0 Å². The molecule has 1 rings (SSSR count). The van der Waals surface area contributed by atoms with Crippen LogP contribution < -0.4 is 0 Å². The normalized spacial score (nSPS) is 30.8. The molecule has 0 heteroatoms. The second kappa shape index (κ2) is 3.66. The van der Waals surface area contributed by atoms with Crippen LogP contribution in [-0.2, 0) is 0 Å². The minimum Gasteiger partial charge on any atom is -0.120 e. The standard InChI is InChI=1S/C10H16/c1-3-5-9-7-10(8-9)6-4-2/h1,9-10H,4-8H2,2H3. The Hall–Kier alpha value is -0.440. The predicted molar refractivity (Wildman–Crippen MR) is 44.6 cm³/mol. The zero-order chi connectivity index (χ0) is 7.40. The van der Waals surface area contributed by atoms with Crippen molar-refractivity contribution in [2.24, 2.45) is 11.8 Å². The zero-order valence-corrected chi connectivity index (χ0v) is 6.77. The summed E-state index contributed by atoms with van der Waals surface area (Å²) in [6.45, 7) is 2.26. The van der Waals surface area contributed by atoms with Crippen LogP contribution >= 0.6 is 0 Å². The summed E-state index contributed by atoms with van der Waals surface area (Å²) in [6, 6.07) is 0. The van der Waals surface area contributed by atoms with Gasteiger partial charge in [0.2, 0.25) is 0 Å². The van der Waals surface area contributed by atoms with Crippen molar-refractivity contribution in [1.29, 1.82) is 0 Å². The highest BCUT2D eigenvalue weighted by Crippen LogP contribution is 2.38. The quantitative estimate of drug-likeness (QED) is 0.523. The third-order valence-corrected chi connectivity index (χ3v) is 2.44. The highest BCUT2D eigenvalue weighted by molar-refractivity contribution is 4.91. The van der Waals surface area contributed by atoms with E-state index in [9.17, 15) is 0 Å². The van der Waals surface area contributed by atoms with Crippen molar-refractivity contribution >= 4 is 0 Å². The predicted octanol–water partition coefficient (Wildman–Crippen LogP) is 2.84. The van der Waals surface area contributed by atoms with E-state index >= 15 is 0 Å². The molecule has 1 fully saturated rings. The molecule has 0 amide bonds. The van der Waals surface area contributed by atoms with E-state index in [0.29, 0.717) is 0 Å². The minimum absolute atomic E-state index is 0.876. The molecule has 56 valence electrons. The van der Waals surface area contributed by atoms with Crippen LogP contribution in [0.25, 0.3) is 0 Å². The van der Waals surface area contributed by atoms with E-state index in [1.54, 1.807) is 0 Å². The molecule has 1 aliphatic rings. The van der Waals surface area contributed by atoms with E-state index < -0.39 is 0 Å². The van der Waals surface area contributed by atoms with Gasteiger partial charge < -0.3 is 0 Å². The van der Waals surface area contributed by atoms with Crippen molar-refractivity contribution in [2.75, 3.05) is 0 Å². The lowest BCUT2D eigenvalue weighted by atomic mass is 9.71. The molecule has 0 aliphatic heterocycles. The van der Waals surface area contributed by atoms with Crippen molar-refractivity contribution in [2.45, 2.75) is 39.0 Å². The van der Waals surface area contributed by atoms with E-state index in [2.05, 4.69) is 12.8 Å². The van der Waals surface area contributed by atoms with Gasteiger partial charge in [-0.05, 0) is 24.7 Å². The van der Waals surface area contributed by atoms with Crippen LogP contribution in [0.3, 0.4) is 0 Å². The van der Waals surface area contributed by atoms with Gasteiger partial charge in [-0.1, -0.05) is 19.8 Å². The highest BCUT2D eigenvalue weighted by atomic mass is 14.3. The molecule has 0 bridgehead atoms. The first-order valence-corrected chi connectivity index (χ1v) is 4.30. The second-order valence-electron chi connectivity index (χ2n) is 3.40. The number of hydrogen-bond donors (Lipinski definition) is 0. The molecule has 1 aliphatic carbocycles. The fourth-order valence-electron chi connectivity index (χ4n) is 1.85. The highest BCUT2D eigenvalue weighted by Gasteiger charge is 2.26. The van der Waals surface area contributed by atoms with E-state index in [4.69, 9.17) is 6.42 Å². The molecule has 0 spiro atoms. The first kappa shape index (κ1) is 7.66. The maximum Gasteiger partial charge on any atom is 0.0115 e. The Morgan fingerprint density at radius 2 is 2.10 bits per heavy atom. The fraction of sp³-hybridized carbons (Fsp3) is 0.800. The van der Waals surface area contributed by atoms with Gasteiger partial charge in [0.1, 0.15) is 0 Å². The van der Waals surface area contributed by atoms with E-state index in [0.717, 1.165) is 18.3 Å². The molecular formula is C10H16. The van der Waals surface area contributed by atoms with Crippen LogP contribution in [0.1, 0.15) is 39.0 Å². The molecule has 0 heterocycles. The van der Waals surface area contributed by atoms with Crippen LogP contribution in [0.15, 0.2) is 0 Å². The Kier molecular flexibility index (Phi) is 2.81. The Morgan fingerprint density at radius 1 is 1.40 bits per heavy atom. The molecule has 0 atom stereocenters. The van der Waals surface area contributed by atoms with Crippen molar-refractivity contribution < 1.29 is 0 Å². The molecule has 0 aromatic carbocycles. The monoisotopic (exact) mass is 136 g/mol. The molecular weight excluding hydrogens is 120 g/mol. The van der Waals surface area contributed by atoms with Crippen LogP contribution in [0.2, 0.25) is 0 Å². The molecule has 0 radical (unpaired) electrons. The van der Waals surface area contributed by atoms with Gasteiger partial charge >= 0.3 is 0 Å². The first-order chi connectivity index (χ1) is 4.86. The summed E-state index contributed by atoms with van der Waals surface area (Å²) in [7, 11) is 0. The third-order valence-electron chi connectivity index (χ3n) is 2.44. The topological polar surface area (TPSA) is 0 Å². The minimum atomic E-state index is 0.876. The van der Waals surface area contributed by atoms with Crippen LogP contribution in [0.5, 0.6) is 0 Å². The van der Waals surface area contributed by atoms with Crippen LogP contribution in [0.4, 0.5) is 0 Å². The Morgan fingerprint density at radius 3 is 2.60 bits per heavy atom. The second-order valence-corrected chi connectivity index (χ2v) is 3.40. The maximum atomic E-state index is 5.21. The van der Waals surface area contributed by atoms with Gasteiger partial charge in [-0.25, -0.2) is 0 Å². The summed E-state index contributed by atoms with van der Waals surface area (Å²) in [4.78, 5) is 0. The molecule has 0 unspecified atom stereocenters. The molecule has 10 heavy (non-hydrogen) atoms. The average molecular weight is 136 g/mol. The molecule has 0 nitrogen and oxygen atoms in total.